The Morgan fingerprint density at radius 2 is 2.10 bits per heavy atom. The van der Waals surface area contributed by atoms with Gasteiger partial charge in [-0.15, -0.1) is 0 Å². The molecule has 1 N–H and O–H groups in total. The Hall–Kier alpha value is -2.83. The van der Waals surface area contributed by atoms with Gasteiger partial charge in [0.25, 0.3) is 0 Å². The van der Waals surface area contributed by atoms with Crippen LogP contribution < -0.4 is 10.2 Å². The summed E-state index contributed by atoms with van der Waals surface area (Å²) >= 11 is 0. The van der Waals surface area contributed by atoms with Crippen molar-refractivity contribution in [2.75, 3.05) is 31.1 Å². The van der Waals surface area contributed by atoms with Crippen molar-refractivity contribution in [2.45, 2.75) is 38.6 Å². The quantitative estimate of drug-likeness (QED) is 0.625. The first-order valence-corrected chi connectivity index (χ1v) is 10.5. The van der Waals surface area contributed by atoms with E-state index in [1.807, 2.05) is 35.0 Å². The van der Waals surface area contributed by atoms with Crippen molar-refractivity contribution in [3.05, 3.63) is 47.8 Å². The van der Waals surface area contributed by atoms with Crippen LogP contribution >= 0.6 is 0 Å². The van der Waals surface area contributed by atoms with Gasteiger partial charge in [-0.1, -0.05) is 12.1 Å². The molecule has 7 heteroatoms. The lowest BCUT2D eigenvalue weighted by molar-refractivity contribution is -0.117. The summed E-state index contributed by atoms with van der Waals surface area (Å²) in [4.78, 5) is 21.0. The van der Waals surface area contributed by atoms with Gasteiger partial charge in [-0.25, -0.2) is 4.99 Å². The third-order valence-electron chi connectivity index (χ3n) is 5.75. The Labute approximate surface area is 172 Å². The molecule has 4 rings (SSSR count). The fraction of sp³-hybridized carbons (Fsp3) is 0.500. The molecule has 29 heavy (non-hydrogen) atoms. The number of nitrogens with one attached hydrogen (secondary N) is 1. The third-order valence-corrected chi connectivity index (χ3v) is 5.75. The number of rotatable bonds is 5. The average Bonchev–Trinajstić information content (AvgIpc) is 3.46. The van der Waals surface area contributed by atoms with Gasteiger partial charge in [0, 0.05) is 57.4 Å². The summed E-state index contributed by atoms with van der Waals surface area (Å²) in [6, 6.07) is 8.23. The zero-order valence-electron chi connectivity index (χ0n) is 17.3. The van der Waals surface area contributed by atoms with Gasteiger partial charge in [0.1, 0.15) is 0 Å². The summed E-state index contributed by atoms with van der Waals surface area (Å²) < 4.78 is 1.87. The van der Waals surface area contributed by atoms with Crippen LogP contribution in [0, 0.1) is 0 Å². The molecule has 2 aliphatic heterocycles. The number of hydrogen-bond acceptors (Lipinski definition) is 3. The maximum atomic E-state index is 11.9. The summed E-state index contributed by atoms with van der Waals surface area (Å²) in [7, 11) is 1.96. The summed E-state index contributed by atoms with van der Waals surface area (Å²) in [5.74, 6) is 1.70. The van der Waals surface area contributed by atoms with Gasteiger partial charge >= 0.3 is 0 Å². The number of anilines is 1. The van der Waals surface area contributed by atoms with Gasteiger partial charge in [0.2, 0.25) is 5.91 Å². The number of carbonyl (C=O) groups is 1. The number of benzene rings is 1. The van der Waals surface area contributed by atoms with Crippen LogP contribution in [0.3, 0.4) is 0 Å². The highest BCUT2D eigenvalue weighted by Crippen LogP contribution is 2.27. The maximum Gasteiger partial charge on any atom is 0.227 e. The Morgan fingerprint density at radius 1 is 1.28 bits per heavy atom. The second-order valence-electron chi connectivity index (χ2n) is 7.86. The van der Waals surface area contributed by atoms with Gasteiger partial charge in [0.05, 0.1) is 12.7 Å². The van der Waals surface area contributed by atoms with E-state index in [4.69, 9.17) is 4.99 Å². The summed E-state index contributed by atoms with van der Waals surface area (Å²) in [6.07, 6.45) is 6.82. The molecule has 0 spiro atoms. The average molecular weight is 395 g/mol. The maximum absolute atomic E-state index is 11.9. The fourth-order valence-corrected chi connectivity index (χ4v) is 4.17. The second kappa shape index (κ2) is 8.68. The van der Waals surface area contributed by atoms with Crippen molar-refractivity contribution in [1.82, 2.24) is 20.0 Å². The highest BCUT2D eigenvalue weighted by molar-refractivity contribution is 5.95. The standard InChI is InChI=1S/C22H30N6O/c1-3-23-22(27-12-10-18(16-27)19-14-25-26(2)15-19)24-13-17-6-8-20(9-7-17)28-11-4-5-21(28)29/h6-9,14-15,18H,3-5,10-13,16H2,1-2H3,(H,23,24). The van der Waals surface area contributed by atoms with E-state index in [0.717, 1.165) is 56.2 Å². The van der Waals surface area contributed by atoms with E-state index in [1.54, 1.807) is 0 Å². The Balaban J connectivity index is 1.40. The second-order valence-corrected chi connectivity index (χ2v) is 7.86. The van der Waals surface area contributed by atoms with Crippen molar-refractivity contribution >= 4 is 17.6 Å². The molecule has 1 atom stereocenters. The Kier molecular flexibility index (Phi) is 5.83. The van der Waals surface area contributed by atoms with E-state index in [0.29, 0.717) is 18.9 Å². The number of nitrogens with zero attached hydrogens (tertiary/aromatic N) is 5. The number of aliphatic imine (C=N–C) groups is 1. The molecule has 2 aromatic rings. The minimum atomic E-state index is 0.224. The van der Waals surface area contributed by atoms with Gasteiger partial charge in [-0.05, 0) is 43.0 Å². The molecule has 3 heterocycles. The van der Waals surface area contributed by atoms with Crippen LogP contribution in [-0.2, 0) is 18.4 Å². The van der Waals surface area contributed by atoms with E-state index < -0.39 is 0 Å². The van der Waals surface area contributed by atoms with Crippen LogP contribution in [0.5, 0.6) is 0 Å². The number of hydrogen-bond donors (Lipinski definition) is 1. The molecule has 1 aromatic heterocycles. The summed E-state index contributed by atoms with van der Waals surface area (Å²) in [6.45, 7) is 6.38. The van der Waals surface area contributed by atoms with E-state index in [-0.39, 0.29) is 5.91 Å². The first kappa shape index (κ1) is 19.5. The van der Waals surface area contributed by atoms with Crippen molar-refractivity contribution in [2.24, 2.45) is 12.0 Å². The molecule has 0 radical (unpaired) electrons. The third kappa shape index (κ3) is 4.44. The van der Waals surface area contributed by atoms with Crippen LogP contribution in [0.25, 0.3) is 0 Å². The Bertz CT molecular complexity index is 872. The summed E-state index contributed by atoms with van der Waals surface area (Å²) in [5, 5.41) is 7.75. The number of carbonyl (C=O) groups excluding carboxylic acids is 1. The van der Waals surface area contributed by atoms with Crippen LogP contribution in [0.15, 0.2) is 41.7 Å². The molecule has 2 saturated heterocycles. The van der Waals surface area contributed by atoms with E-state index in [1.165, 1.54) is 5.56 Å². The van der Waals surface area contributed by atoms with Gasteiger partial charge < -0.3 is 15.1 Å². The fourth-order valence-electron chi connectivity index (χ4n) is 4.17. The minimum Gasteiger partial charge on any atom is -0.357 e. The molecule has 0 aliphatic carbocycles. The van der Waals surface area contributed by atoms with Crippen molar-refractivity contribution in [3.63, 3.8) is 0 Å². The topological polar surface area (TPSA) is 65.8 Å². The lowest BCUT2D eigenvalue weighted by Crippen LogP contribution is -2.40. The number of aryl methyl sites for hydroxylation is 1. The zero-order valence-corrected chi connectivity index (χ0v) is 17.3. The molecule has 1 aromatic carbocycles. The molecule has 1 amide bonds. The smallest absolute Gasteiger partial charge is 0.227 e. The number of aromatic nitrogens is 2. The van der Waals surface area contributed by atoms with Crippen LogP contribution in [0.1, 0.15) is 43.2 Å². The SMILES string of the molecule is CCNC(=NCc1ccc(N2CCCC2=O)cc1)N1CCC(c2cnn(C)c2)C1. The van der Waals surface area contributed by atoms with Gasteiger partial charge in [-0.2, -0.15) is 5.10 Å². The molecule has 0 saturated carbocycles. The number of likely N-dealkylation sites (tertiary alicyclic amines) is 1. The molecular weight excluding hydrogens is 364 g/mol. The van der Waals surface area contributed by atoms with Gasteiger partial charge in [-0.3, -0.25) is 9.48 Å². The molecule has 0 bridgehead atoms. The number of amides is 1. The lowest BCUT2D eigenvalue weighted by Gasteiger charge is -2.21. The Morgan fingerprint density at radius 3 is 2.76 bits per heavy atom. The van der Waals surface area contributed by atoms with Crippen LogP contribution in [0.2, 0.25) is 0 Å². The van der Waals surface area contributed by atoms with Gasteiger partial charge in [0.15, 0.2) is 5.96 Å². The first-order chi connectivity index (χ1) is 14.1. The predicted octanol–water partition coefficient (Wildman–Crippen LogP) is 2.50. The lowest BCUT2D eigenvalue weighted by atomic mass is 10.0. The molecular formula is C22H30N6O. The highest BCUT2D eigenvalue weighted by atomic mass is 16.2. The highest BCUT2D eigenvalue weighted by Gasteiger charge is 2.27. The monoisotopic (exact) mass is 394 g/mol. The summed E-state index contributed by atoms with van der Waals surface area (Å²) in [5.41, 5.74) is 3.45. The first-order valence-electron chi connectivity index (χ1n) is 10.5. The van der Waals surface area contributed by atoms with Crippen molar-refractivity contribution < 1.29 is 4.79 Å². The minimum absolute atomic E-state index is 0.224. The molecule has 154 valence electrons. The van der Waals surface area contributed by atoms with E-state index >= 15 is 0 Å². The van der Waals surface area contributed by atoms with Crippen molar-refractivity contribution in [1.29, 1.82) is 0 Å². The number of guanidine groups is 1. The molecule has 1 unspecified atom stereocenters. The largest absolute Gasteiger partial charge is 0.357 e. The van der Waals surface area contributed by atoms with E-state index in [2.05, 4.69) is 40.6 Å². The van der Waals surface area contributed by atoms with Crippen molar-refractivity contribution in [3.8, 4) is 0 Å². The molecule has 2 aliphatic rings. The normalized spacial score (nSPS) is 20.0. The predicted molar refractivity (Wildman–Crippen MR) is 115 cm³/mol. The van der Waals surface area contributed by atoms with Crippen LogP contribution in [-0.4, -0.2) is 52.7 Å². The van der Waals surface area contributed by atoms with E-state index in [9.17, 15) is 4.79 Å². The zero-order chi connectivity index (χ0) is 20.2. The molecule has 7 nitrogen and oxygen atoms in total. The molecule has 2 fully saturated rings. The van der Waals surface area contributed by atoms with Crippen LogP contribution in [0.4, 0.5) is 5.69 Å².